The molecule has 3 aromatic rings. The van der Waals surface area contributed by atoms with E-state index in [9.17, 15) is 19.3 Å². The van der Waals surface area contributed by atoms with Crippen LogP contribution in [0.4, 0.5) is 14.9 Å². The Morgan fingerprint density at radius 2 is 1.83 bits per heavy atom. The highest BCUT2D eigenvalue weighted by Gasteiger charge is 2.16. The lowest BCUT2D eigenvalue weighted by Gasteiger charge is -2.11. The van der Waals surface area contributed by atoms with Gasteiger partial charge in [-0.05, 0) is 36.8 Å². The SMILES string of the molecule is CCNC(=O)NCc1nnc(SCc2ccc(F)cc2)n1-c1ccc([N+](=O)[O-])cc1. The molecule has 2 N–H and O–H groups in total. The molecule has 0 radical (unpaired) electrons. The Balaban J connectivity index is 1.86. The second kappa shape index (κ2) is 9.83. The van der Waals surface area contributed by atoms with Crippen molar-refractivity contribution in [2.45, 2.75) is 24.4 Å². The van der Waals surface area contributed by atoms with Gasteiger partial charge in [0.15, 0.2) is 11.0 Å². The quantitative estimate of drug-likeness (QED) is 0.321. The number of hydrogen-bond acceptors (Lipinski definition) is 6. The minimum Gasteiger partial charge on any atom is -0.338 e. The van der Waals surface area contributed by atoms with Crippen LogP contribution in [0.25, 0.3) is 5.69 Å². The summed E-state index contributed by atoms with van der Waals surface area (Å²) >= 11 is 1.38. The molecule has 0 atom stereocenters. The molecule has 156 valence electrons. The summed E-state index contributed by atoms with van der Waals surface area (Å²) in [6.07, 6.45) is 0. The number of non-ortho nitro benzene ring substituents is 1. The first-order valence-electron chi connectivity index (χ1n) is 9.06. The predicted molar refractivity (Wildman–Crippen MR) is 110 cm³/mol. The van der Waals surface area contributed by atoms with Crippen LogP contribution in [0.1, 0.15) is 18.3 Å². The number of amides is 2. The van der Waals surface area contributed by atoms with Crippen LogP contribution in [0.5, 0.6) is 0 Å². The molecular weight excluding hydrogens is 411 g/mol. The summed E-state index contributed by atoms with van der Waals surface area (Å²) in [5.74, 6) is 0.683. The average Bonchev–Trinajstić information content (AvgIpc) is 3.15. The number of benzene rings is 2. The van der Waals surface area contributed by atoms with E-state index in [1.807, 2.05) is 6.92 Å². The van der Waals surface area contributed by atoms with Gasteiger partial charge in [0.05, 0.1) is 11.5 Å². The standard InChI is InChI=1S/C19H19FN6O3S/c1-2-21-18(27)22-11-17-23-24-19(30-12-13-3-5-14(20)6-4-13)25(17)15-7-9-16(10-8-15)26(28)29/h3-10H,2,11-12H2,1H3,(H2,21,22,27). The number of nitro groups is 1. The molecule has 9 nitrogen and oxygen atoms in total. The zero-order valence-corrected chi connectivity index (χ0v) is 16.9. The maximum atomic E-state index is 13.1. The van der Waals surface area contributed by atoms with Crippen LogP contribution in [0.15, 0.2) is 53.7 Å². The van der Waals surface area contributed by atoms with Gasteiger partial charge < -0.3 is 10.6 Å². The van der Waals surface area contributed by atoms with E-state index in [1.165, 1.54) is 36.0 Å². The molecule has 0 spiro atoms. The summed E-state index contributed by atoms with van der Waals surface area (Å²) in [6.45, 7) is 2.41. The maximum Gasteiger partial charge on any atom is 0.315 e. The second-order valence-electron chi connectivity index (χ2n) is 6.14. The molecule has 3 rings (SSSR count). The molecule has 0 saturated heterocycles. The van der Waals surface area contributed by atoms with Crippen LogP contribution in [0.2, 0.25) is 0 Å². The van der Waals surface area contributed by atoms with E-state index in [1.54, 1.807) is 28.8 Å². The first kappa shape index (κ1) is 21.2. The van der Waals surface area contributed by atoms with E-state index >= 15 is 0 Å². The fraction of sp³-hybridized carbons (Fsp3) is 0.211. The van der Waals surface area contributed by atoms with Gasteiger partial charge in [-0.3, -0.25) is 14.7 Å². The smallest absolute Gasteiger partial charge is 0.315 e. The van der Waals surface area contributed by atoms with Crippen LogP contribution in [0.3, 0.4) is 0 Å². The number of nitro benzene ring substituents is 1. The highest BCUT2D eigenvalue weighted by atomic mass is 32.2. The molecule has 0 fully saturated rings. The van der Waals surface area contributed by atoms with Crippen molar-refractivity contribution < 1.29 is 14.1 Å². The number of halogens is 1. The summed E-state index contributed by atoms with van der Waals surface area (Å²) in [5.41, 5.74) is 1.50. The van der Waals surface area contributed by atoms with Gasteiger partial charge in [-0.15, -0.1) is 10.2 Å². The number of nitrogens with one attached hydrogen (secondary N) is 2. The summed E-state index contributed by atoms with van der Waals surface area (Å²) < 4.78 is 14.8. The third kappa shape index (κ3) is 5.32. The molecule has 0 aliphatic rings. The molecule has 0 aliphatic carbocycles. The Morgan fingerprint density at radius 3 is 2.47 bits per heavy atom. The van der Waals surface area contributed by atoms with E-state index in [4.69, 9.17) is 0 Å². The molecule has 30 heavy (non-hydrogen) atoms. The van der Waals surface area contributed by atoms with E-state index in [-0.39, 0.29) is 24.1 Å². The summed E-state index contributed by atoms with van der Waals surface area (Å²) in [4.78, 5) is 22.2. The van der Waals surface area contributed by atoms with Crippen molar-refractivity contribution in [2.24, 2.45) is 0 Å². The van der Waals surface area contributed by atoms with Gasteiger partial charge in [0.2, 0.25) is 0 Å². The molecule has 11 heteroatoms. The fourth-order valence-corrected chi connectivity index (χ4v) is 3.53. The molecule has 0 unspecified atom stereocenters. The fourth-order valence-electron chi connectivity index (χ4n) is 2.60. The maximum absolute atomic E-state index is 13.1. The number of rotatable bonds is 8. The minimum atomic E-state index is -0.475. The predicted octanol–water partition coefficient (Wildman–Crippen LogP) is 3.43. The molecule has 2 aromatic carbocycles. The molecule has 0 saturated carbocycles. The van der Waals surface area contributed by atoms with Gasteiger partial charge in [-0.1, -0.05) is 23.9 Å². The van der Waals surface area contributed by atoms with Crippen LogP contribution in [0, 0.1) is 15.9 Å². The monoisotopic (exact) mass is 430 g/mol. The number of nitrogens with zero attached hydrogens (tertiary/aromatic N) is 4. The van der Waals surface area contributed by atoms with Crippen LogP contribution in [-0.2, 0) is 12.3 Å². The highest BCUT2D eigenvalue weighted by molar-refractivity contribution is 7.98. The number of carbonyl (C=O) groups is 1. The zero-order valence-electron chi connectivity index (χ0n) is 16.0. The van der Waals surface area contributed by atoms with Crippen molar-refractivity contribution in [3.63, 3.8) is 0 Å². The third-order valence-electron chi connectivity index (χ3n) is 4.04. The van der Waals surface area contributed by atoms with Gasteiger partial charge in [-0.2, -0.15) is 0 Å². The number of urea groups is 1. The van der Waals surface area contributed by atoms with Gasteiger partial charge in [-0.25, -0.2) is 9.18 Å². The summed E-state index contributed by atoms with van der Waals surface area (Å²) in [5, 5.41) is 25.2. The normalized spacial score (nSPS) is 10.6. The summed E-state index contributed by atoms with van der Waals surface area (Å²) in [6, 6.07) is 11.8. The highest BCUT2D eigenvalue weighted by Crippen LogP contribution is 2.26. The molecule has 0 bridgehead atoms. The van der Waals surface area contributed by atoms with Gasteiger partial charge >= 0.3 is 6.03 Å². The molecule has 1 aromatic heterocycles. The summed E-state index contributed by atoms with van der Waals surface area (Å²) in [7, 11) is 0. The Morgan fingerprint density at radius 1 is 1.13 bits per heavy atom. The molecule has 1 heterocycles. The Hall–Kier alpha value is -3.47. The van der Waals surface area contributed by atoms with Crippen LogP contribution >= 0.6 is 11.8 Å². The van der Waals surface area contributed by atoms with E-state index < -0.39 is 4.92 Å². The van der Waals surface area contributed by atoms with Gasteiger partial charge in [0.25, 0.3) is 5.69 Å². The van der Waals surface area contributed by atoms with Crippen molar-refractivity contribution in [3.8, 4) is 5.69 Å². The molecular formula is C19H19FN6O3S. The average molecular weight is 430 g/mol. The van der Waals surface area contributed by atoms with Crippen molar-refractivity contribution in [1.82, 2.24) is 25.4 Å². The lowest BCUT2D eigenvalue weighted by Crippen LogP contribution is -2.35. The molecule has 2 amide bonds. The Kier molecular flexibility index (Phi) is 6.96. The van der Waals surface area contributed by atoms with E-state index in [2.05, 4.69) is 20.8 Å². The van der Waals surface area contributed by atoms with E-state index in [0.717, 1.165) is 5.56 Å². The Labute approximate surface area is 175 Å². The van der Waals surface area contributed by atoms with Gasteiger partial charge in [0.1, 0.15) is 5.82 Å². The zero-order chi connectivity index (χ0) is 21.5. The largest absolute Gasteiger partial charge is 0.338 e. The topological polar surface area (TPSA) is 115 Å². The minimum absolute atomic E-state index is 0.0330. The lowest BCUT2D eigenvalue weighted by atomic mass is 10.2. The lowest BCUT2D eigenvalue weighted by molar-refractivity contribution is -0.384. The van der Waals surface area contributed by atoms with Crippen molar-refractivity contribution in [2.75, 3.05) is 6.54 Å². The third-order valence-corrected chi connectivity index (χ3v) is 5.04. The number of thioether (sulfide) groups is 1. The molecule has 0 aliphatic heterocycles. The van der Waals surface area contributed by atoms with Gasteiger partial charge in [0, 0.05) is 30.1 Å². The first-order chi connectivity index (χ1) is 14.5. The second-order valence-corrected chi connectivity index (χ2v) is 7.08. The van der Waals surface area contributed by atoms with Crippen molar-refractivity contribution in [3.05, 3.63) is 75.9 Å². The number of carbonyl (C=O) groups excluding carboxylic acids is 1. The van der Waals surface area contributed by atoms with Crippen molar-refractivity contribution >= 4 is 23.5 Å². The van der Waals surface area contributed by atoms with Crippen LogP contribution < -0.4 is 10.6 Å². The van der Waals surface area contributed by atoms with Crippen LogP contribution in [-0.4, -0.2) is 32.3 Å². The van der Waals surface area contributed by atoms with Crippen molar-refractivity contribution in [1.29, 1.82) is 0 Å². The number of hydrogen-bond donors (Lipinski definition) is 2. The Bertz CT molecular complexity index is 1020. The first-order valence-corrected chi connectivity index (χ1v) is 10.0. The number of aromatic nitrogens is 3. The van der Waals surface area contributed by atoms with E-state index in [0.29, 0.717) is 29.0 Å².